The second kappa shape index (κ2) is 11.1. The summed E-state index contributed by atoms with van der Waals surface area (Å²) in [6.07, 6.45) is 1.72. The maximum Gasteiger partial charge on any atom is 0.265 e. The number of benzene rings is 2. The fourth-order valence-corrected chi connectivity index (χ4v) is 6.81. The molecular formula is C26H25ClF2N4O2S2. The average molecular weight is 563 g/mol. The van der Waals surface area contributed by atoms with E-state index in [-0.39, 0.29) is 4.90 Å². The molecule has 0 radical (unpaired) electrons. The molecule has 2 heterocycles. The van der Waals surface area contributed by atoms with Gasteiger partial charge in [0.05, 0.1) is 28.9 Å². The molecule has 0 spiro atoms. The van der Waals surface area contributed by atoms with Gasteiger partial charge in [0, 0.05) is 28.7 Å². The standard InChI is InChI=1S/C26H25ClF2N4O2S2/c1-4-32(25-7-5-6-14-30-25)16-24-17(2)31-26(36-24)18(3)33(23-15-20(28)10-13-22(23)29)37(34,35)21-11-8-19(27)9-12-21/h5-15,18H,4,16H2,1-3H3. The van der Waals surface area contributed by atoms with Crippen molar-refractivity contribution in [2.45, 2.75) is 38.3 Å². The molecule has 1 atom stereocenters. The number of hydrogen-bond acceptors (Lipinski definition) is 6. The summed E-state index contributed by atoms with van der Waals surface area (Å²) >= 11 is 7.27. The summed E-state index contributed by atoms with van der Waals surface area (Å²) in [7, 11) is -4.32. The van der Waals surface area contributed by atoms with Crippen LogP contribution in [-0.2, 0) is 16.6 Å². The van der Waals surface area contributed by atoms with Gasteiger partial charge < -0.3 is 4.90 Å². The van der Waals surface area contributed by atoms with E-state index >= 15 is 0 Å². The molecule has 11 heteroatoms. The van der Waals surface area contributed by atoms with Crippen molar-refractivity contribution in [3.63, 3.8) is 0 Å². The van der Waals surface area contributed by atoms with Crippen molar-refractivity contribution in [1.29, 1.82) is 0 Å². The molecule has 0 fully saturated rings. The van der Waals surface area contributed by atoms with Gasteiger partial charge in [-0.1, -0.05) is 17.7 Å². The summed E-state index contributed by atoms with van der Waals surface area (Å²) in [5.41, 5.74) is 0.324. The molecule has 194 valence electrons. The Balaban J connectivity index is 1.76. The summed E-state index contributed by atoms with van der Waals surface area (Å²) in [6.45, 7) is 6.68. The van der Waals surface area contributed by atoms with Crippen molar-refractivity contribution in [2.75, 3.05) is 15.7 Å². The third-order valence-corrected chi connectivity index (χ3v) is 9.29. The maximum absolute atomic E-state index is 15.0. The van der Waals surface area contributed by atoms with Crippen LogP contribution in [0.5, 0.6) is 0 Å². The lowest BCUT2D eigenvalue weighted by atomic mass is 10.2. The molecule has 0 bridgehead atoms. The molecule has 6 nitrogen and oxygen atoms in total. The summed E-state index contributed by atoms with van der Waals surface area (Å²) in [5, 5.41) is 0.801. The zero-order chi connectivity index (χ0) is 26.7. The van der Waals surface area contributed by atoms with Crippen LogP contribution in [0.2, 0.25) is 5.02 Å². The number of rotatable bonds is 9. The molecule has 2 aromatic heterocycles. The van der Waals surface area contributed by atoms with E-state index in [0.29, 0.717) is 23.1 Å². The second-order valence-corrected chi connectivity index (χ2v) is 11.7. The monoisotopic (exact) mass is 562 g/mol. The van der Waals surface area contributed by atoms with Crippen LogP contribution in [0.25, 0.3) is 0 Å². The van der Waals surface area contributed by atoms with E-state index in [9.17, 15) is 17.2 Å². The van der Waals surface area contributed by atoms with Gasteiger partial charge in [0.1, 0.15) is 22.5 Å². The van der Waals surface area contributed by atoms with Crippen molar-refractivity contribution in [1.82, 2.24) is 9.97 Å². The van der Waals surface area contributed by atoms with E-state index in [1.807, 2.05) is 32.0 Å². The number of anilines is 2. The van der Waals surface area contributed by atoms with Gasteiger partial charge in [-0.15, -0.1) is 11.3 Å². The minimum Gasteiger partial charge on any atom is -0.352 e. The lowest BCUT2D eigenvalue weighted by Crippen LogP contribution is -2.34. The van der Waals surface area contributed by atoms with Gasteiger partial charge in [0.15, 0.2) is 0 Å². The van der Waals surface area contributed by atoms with Crippen LogP contribution in [0, 0.1) is 18.6 Å². The zero-order valence-electron chi connectivity index (χ0n) is 20.4. The SMILES string of the molecule is CCN(Cc1sc(C(C)N(c2cc(F)ccc2F)S(=O)(=O)c2ccc(Cl)cc2)nc1C)c1ccccn1. The Morgan fingerprint density at radius 2 is 1.81 bits per heavy atom. The normalized spacial score (nSPS) is 12.4. The van der Waals surface area contributed by atoms with Gasteiger partial charge in [-0.2, -0.15) is 0 Å². The number of halogens is 3. The third-order valence-electron chi connectivity index (χ3n) is 5.82. The molecule has 0 aliphatic heterocycles. The molecule has 0 saturated heterocycles. The molecule has 0 saturated carbocycles. The molecule has 2 aromatic carbocycles. The number of aromatic nitrogens is 2. The first kappa shape index (κ1) is 27.0. The minimum absolute atomic E-state index is 0.103. The van der Waals surface area contributed by atoms with E-state index in [1.165, 1.54) is 35.6 Å². The highest BCUT2D eigenvalue weighted by Gasteiger charge is 2.34. The van der Waals surface area contributed by atoms with Crippen LogP contribution in [0.1, 0.15) is 35.5 Å². The molecule has 4 aromatic rings. The first-order valence-corrected chi connectivity index (χ1v) is 14.1. The molecule has 0 aliphatic carbocycles. The van der Waals surface area contributed by atoms with Crippen molar-refractivity contribution >= 4 is 44.5 Å². The predicted molar refractivity (Wildman–Crippen MR) is 144 cm³/mol. The average Bonchev–Trinajstić information content (AvgIpc) is 3.25. The van der Waals surface area contributed by atoms with E-state index < -0.39 is 33.4 Å². The van der Waals surface area contributed by atoms with Crippen LogP contribution in [-0.4, -0.2) is 24.9 Å². The van der Waals surface area contributed by atoms with Gasteiger partial charge in [-0.3, -0.25) is 4.31 Å². The van der Waals surface area contributed by atoms with Gasteiger partial charge in [-0.05, 0) is 69.3 Å². The van der Waals surface area contributed by atoms with Crippen LogP contribution in [0.3, 0.4) is 0 Å². The highest BCUT2D eigenvalue weighted by molar-refractivity contribution is 7.92. The minimum atomic E-state index is -4.32. The number of pyridine rings is 1. The van der Waals surface area contributed by atoms with Gasteiger partial charge in [0.2, 0.25) is 0 Å². The van der Waals surface area contributed by atoms with E-state index in [1.54, 1.807) is 13.1 Å². The Kier molecular flexibility index (Phi) is 8.11. The Labute approximate surface area is 224 Å². The maximum atomic E-state index is 15.0. The van der Waals surface area contributed by atoms with Gasteiger partial charge in [0.25, 0.3) is 10.0 Å². The quantitative estimate of drug-likeness (QED) is 0.225. The van der Waals surface area contributed by atoms with E-state index in [2.05, 4.69) is 14.9 Å². The first-order valence-electron chi connectivity index (χ1n) is 11.5. The molecule has 0 aliphatic rings. The summed E-state index contributed by atoms with van der Waals surface area (Å²) in [4.78, 5) is 11.9. The number of thiazole rings is 1. The molecule has 0 amide bonds. The van der Waals surface area contributed by atoms with Crippen LogP contribution >= 0.6 is 22.9 Å². The lowest BCUT2D eigenvalue weighted by Gasteiger charge is -2.29. The third kappa shape index (κ3) is 5.76. The Morgan fingerprint density at radius 3 is 2.46 bits per heavy atom. The highest BCUT2D eigenvalue weighted by Crippen LogP contribution is 2.38. The predicted octanol–water partition coefficient (Wildman–Crippen LogP) is 6.76. The Morgan fingerprint density at radius 1 is 1.08 bits per heavy atom. The zero-order valence-corrected chi connectivity index (χ0v) is 22.8. The number of aryl methyl sites for hydroxylation is 1. The smallest absolute Gasteiger partial charge is 0.265 e. The summed E-state index contributed by atoms with van der Waals surface area (Å²) in [5.74, 6) is -0.822. The number of sulfonamides is 1. The molecule has 4 rings (SSSR count). The van der Waals surface area contributed by atoms with Crippen LogP contribution < -0.4 is 9.21 Å². The van der Waals surface area contributed by atoms with Crippen molar-refractivity contribution in [2.24, 2.45) is 0 Å². The summed E-state index contributed by atoms with van der Waals surface area (Å²) < 4.78 is 57.6. The van der Waals surface area contributed by atoms with E-state index in [0.717, 1.165) is 38.9 Å². The Hall–Kier alpha value is -3.08. The van der Waals surface area contributed by atoms with Crippen LogP contribution in [0.4, 0.5) is 20.3 Å². The second-order valence-electron chi connectivity index (χ2n) is 8.29. The van der Waals surface area contributed by atoms with Gasteiger partial charge >= 0.3 is 0 Å². The molecule has 1 unspecified atom stereocenters. The summed E-state index contributed by atoms with van der Waals surface area (Å²) in [6, 6.07) is 13.0. The lowest BCUT2D eigenvalue weighted by molar-refractivity contribution is 0.570. The van der Waals surface area contributed by atoms with Gasteiger partial charge in [-0.25, -0.2) is 27.2 Å². The van der Waals surface area contributed by atoms with Crippen molar-refractivity contribution in [3.8, 4) is 0 Å². The fourth-order valence-electron chi connectivity index (χ4n) is 3.87. The fraction of sp³-hybridized carbons (Fsp3) is 0.231. The topological polar surface area (TPSA) is 66.4 Å². The number of nitrogens with zero attached hydrogens (tertiary/aromatic N) is 4. The molecular weight excluding hydrogens is 538 g/mol. The van der Waals surface area contributed by atoms with Crippen molar-refractivity contribution < 1.29 is 17.2 Å². The van der Waals surface area contributed by atoms with Crippen molar-refractivity contribution in [3.05, 3.63) is 99.1 Å². The Bertz CT molecular complexity index is 1480. The largest absolute Gasteiger partial charge is 0.352 e. The first-order chi connectivity index (χ1) is 17.6. The van der Waals surface area contributed by atoms with E-state index in [4.69, 9.17) is 11.6 Å². The number of hydrogen-bond donors (Lipinski definition) is 0. The highest BCUT2D eigenvalue weighted by atomic mass is 35.5. The molecule has 0 N–H and O–H groups in total. The van der Waals surface area contributed by atoms with Crippen LogP contribution in [0.15, 0.2) is 71.8 Å². The molecule has 37 heavy (non-hydrogen) atoms.